The lowest BCUT2D eigenvalue weighted by Crippen LogP contribution is -2.22. The normalized spacial score (nSPS) is 12.1. The van der Waals surface area contributed by atoms with Crippen LogP contribution in [0.5, 0.6) is 11.5 Å². The summed E-state index contributed by atoms with van der Waals surface area (Å²) >= 11 is 0. The molecule has 4 aromatic rings. The van der Waals surface area contributed by atoms with E-state index in [0.29, 0.717) is 5.69 Å². The average Bonchev–Trinajstić information content (AvgIpc) is 2.81. The predicted molar refractivity (Wildman–Crippen MR) is 123 cm³/mol. The van der Waals surface area contributed by atoms with E-state index in [2.05, 4.69) is 10.6 Å². The summed E-state index contributed by atoms with van der Waals surface area (Å²) in [6, 6.07) is 24.6. The number of hydrogen-bond acceptors (Lipinski definition) is 6. The smallest absolute Gasteiger partial charge is 0.200 e. The van der Waals surface area contributed by atoms with Gasteiger partial charge in [-0.3, -0.25) is 9.59 Å². The third-order valence-corrected chi connectivity index (χ3v) is 5.38. The summed E-state index contributed by atoms with van der Waals surface area (Å²) < 4.78 is 0. The van der Waals surface area contributed by atoms with Gasteiger partial charge in [-0.1, -0.05) is 30.3 Å². The largest absolute Gasteiger partial charge is 0.507 e. The van der Waals surface area contributed by atoms with Crippen molar-refractivity contribution in [2.75, 3.05) is 10.6 Å². The van der Waals surface area contributed by atoms with Gasteiger partial charge in [-0.05, 0) is 54.6 Å². The lowest BCUT2D eigenvalue weighted by atomic mass is 9.82. The fourth-order valence-corrected chi connectivity index (χ4v) is 3.87. The van der Waals surface area contributed by atoms with Crippen LogP contribution >= 0.6 is 0 Å². The highest BCUT2D eigenvalue weighted by molar-refractivity contribution is 6.32. The Kier molecular flexibility index (Phi) is 4.60. The van der Waals surface area contributed by atoms with Gasteiger partial charge in [0.1, 0.15) is 11.5 Å². The Morgan fingerprint density at radius 1 is 0.500 bits per heavy atom. The van der Waals surface area contributed by atoms with E-state index in [0.717, 1.165) is 17.1 Å². The number of carbonyl (C=O) groups is 2. The molecular weight excluding hydrogens is 404 g/mol. The number of para-hydroxylation sites is 1. The van der Waals surface area contributed by atoms with Crippen molar-refractivity contribution in [1.82, 2.24) is 0 Å². The van der Waals surface area contributed by atoms with Crippen LogP contribution in [0.25, 0.3) is 0 Å². The SMILES string of the molecule is O=C1c2cccc(Nc3ccc(Nc4ccccc4)cc3)c2C(=O)c2c(O)ccc(O)c21. The van der Waals surface area contributed by atoms with Gasteiger partial charge < -0.3 is 20.8 Å². The number of carbonyl (C=O) groups excluding carboxylic acids is 2. The van der Waals surface area contributed by atoms with E-state index in [1.807, 2.05) is 54.6 Å². The molecule has 0 heterocycles. The molecule has 0 bridgehead atoms. The minimum Gasteiger partial charge on any atom is -0.507 e. The summed E-state index contributed by atoms with van der Waals surface area (Å²) in [6.07, 6.45) is 0. The minimum absolute atomic E-state index is 0.164. The Labute approximate surface area is 183 Å². The topological polar surface area (TPSA) is 98.7 Å². The molecule has 0 saturated heterocycles. The Bertz CT molecular complexity index is 1360. The zero-order valence-electron chi connectivity index (χ0n) is 16.8. The molecule has 0 saturated carbocycles. The molecule has 0 radical (unpaired) electrons. The minimum atomic E-state index is -0.520. The molecule has 0 aromatic heterocycles. The van der Waals surface area contributed by atoms with Gasteiger partial charge in [0, 0.05) is 22.6 Å². The monoisotopic (exact) mass is 422 g/mol. The molecule has 0 unspecified atom stereocenters. The molecule has 4 N–H and O–H groups in total. The highest BCUT2D eigenvalue weighted by Gasteiger charge is 2.35. The van der Waals surface area contributed by atoms with Crippen molar-refractivity contribution in [3.8, 4) is 11.5 Å². The highest BCUT2D eigenvalue weighted by atomic mass is 16.3. The molecule has 0 amide bonds. The van der Waals surface area contributed by atoms with Gasteiger partial charge >= 0.3 is 0 Å². The molecule has 0 aliphatic heterocycles. The van der Waals surface area contributed by atoms with Crippen molar-refractivity contribution in [2.24, 2.45) is 0 Å². The maximum Gasteiger partial charge on any atom is 0.200 e. The standard InChI is InChI=1S/C26H18N2O4/c29-20-13-14-21(30)24-23(20)25(31)18-7-4-8-19(22(18)26(24)32)28-17-11-9-16(10-12-17)27-15-5-2-1-3-6-15/h1-14,27-30H. The highest BCUT2D eigenvalue weighted by Crippen LogP contribution is 2.40. The third kappa shape index (κ3) is 3.24. The first-order chi connectivity index (χ1) is 15.5. The molecule has 32 heavy (non-hydrogen) atoms. The Morgan fingerprint density at radius 2 is 1.06 bits per heavy atom. The molecule has 6 nitrogen and oxygen atoms in total. The first-order valence-electron chi connectivity index (χ1n) is 9.99. The van der Waals surface area contributed by atoms with E-state index in [1.165, 1.54) is 12.1 Å². The van der Waals surface area contributed by atoms with E-state index < -0.39 is 11.6 Å². The fraction of sp³-hybridized carbons (Fsp3) is 0. The Balaban J connectivity index is 1.47. The first kappa shape index (κ1) is 19.4. The molecule has 4 aromatic carbocycles. The van der Waals surface area contributed by atoms with Crippen molar-refractivity contribution in [3.63, 3.8) is 0 Å². The second-order valence-corrected chi connectivity index (χ2v) is 7.43. The number of benzene rings is 4. The number of fused-ring (bicyclic) bond motifs is 2. The summed E-state index contributed by atoms with van der Waals surface area (Å²) in [5.41, 5.74) is 3.03. The molecule has 0 atom stereocenters. The third-order valence-electron chi connectivity index (χ3n) is 5.38. The molecular formula is C26H18N2O4. The van der Waals surface area contributed by atoms with Crippen molar-refractivity contribution >= 4 is 34.3 Å². The zero-order chi connectivity index (χ0) is 22.2. The first-order valence-corrected chi connectivity index (χ1v) is 9.99. The van der Waals surface area contributed by atoms with Crippen LogP contribution in [0.1, 0.15) is 31.8 Å². The van der Waals surface area contributed by atoms with Crippen LogP contribution in [0.3, 0.4) is 0 Å². The number of ketones is 2. The number of anilines is 4. The molecule has 0 spiro atoms. The number of hydrogen-bond donors (Lipinski definition) is 4. The molecule has 156 valence electrons. The number of aromatic hydroxyl groups is 2. The van der Waals surface area contributed by atoms with Crippen LogP contribution in [-0.2, 0) is 0 Å². The Morgan fingerprint density at radius 3 is 1.72 bits per heavy atom. The summed E-state index contributed by atoms with van der Waals surface area (Å²) in [4.78, 5) is 26.2. The van der Waals surface area contributed by atoms with E-state index in [4.69, 9.17) is 0 Å². The van der Waals surface area contributed by atoms with Gasteiger partial charge in [-0.2, -0.15) is 0 Å². The van der Waals surface area contributed by atoms with Crippen LogP contribution in [0, 0.1) is 0 Å². The maximum absolute atomic E-state index is 13.2. The second kappa shape index (κ2) is 7.59. The predicted octanol–water partition coefficient (Wildman–Crippen LogP) is 5.36. The van der Waals surface area contributed by atoms with E-state index >= 15 is 0 Å². The van der Waals surface area contributed by atoms with E-state index in [1.54, 1.807) is 18.2 Å². The van der Waals surface area contributed by atoms with Gasteiger partial charge in [0.15, 0.2) is 11.6 Å². The van der Waals surface area contributed by atoms with Crippen molar-refractivity contribution in [1.29, 1.82) is 0 Å². The number of phenols is 2. The zero-order valence-corrected chi connectivity index (χ0v) is 16.8. The van der Waals surface area contributed by atoms with Gasteiger partial charge in [0.2, 0.25) is 0 Å². The number of nitrogens with one attached hydrogen (secondary N) is 2. The van der Waals surface area contributed by atoms with Crippen LogP contribution in [0.4, 0.5) is 22.7 Å². The molecule has 5 rings (SSSR count). The lowest BCUT2D eigenvalue weighted by Gasteiger charge is -2.22. The quantitative estimate of drug-likeness (QED) is 0.291. The summed E-state index contributed by atoms with van der Waals surface area (Å²) in [7, 11) is 0. The van der Waals surface area contributed by atoms with E-state index in [9.17, 15) is 19.8 Å². The molecule has 1 aliphatic carbocycles. The molecule has 6 heteroatoms. The summed E-state index contributed by atoms with van der Waals surface area (Å²) in [5, 5.41) is 26.8. The number of phenolic OH excluding ortho intramolecular Hbond substituents is 2. The van der Waals surface area contributed by atoms with Crippen molar-refractivity contribution in [3.05, 3.63) is 107 Å². The van der Waals surface area contributed by atoms with Crippen molar-refractivity contribution < 1.29 is 19.8 Å². The average molecular weight is 422 g/mol. The van der Waals surface area contributed by atoms with Crippen molar-refractivity contribution in [2.45, 2.75) is 0 Å². The lowest BCUT2D eigenvalue weighted by molar-refractivity contribution is 0.0974. The van der Waals surface area contributed by atoms with E-state index in [-0.39, 0.29) is 33.8 Å². The van der Waals surface area contributed by atoms with Crippen LogP contribution in [0.2, 0.25) is 0 Å². The second-order valence-electron chi connectivity index (χ2n) is 7.43. The number of rotatable bonds is 4. The maximum atomic E-state index is 13.2. The molecule has 0 fully saturated rings. The van der Waals surface area contributed by atoms with Gasteiger partial charge in [-0.15, -0.1) is 0 Å². The van der Waals surface area contributed by atoms with Gasteiger partial charge in [0.05, 0.1) is 22.4 Å². The van der Waals surface area contributed by atoms with Crippen LogP contribution < -0.4 is 10.6 Å². The van der Waals surface area contributed by atoms with Crippen LogP contribution in [0.15, 0.2) is 84.9 Å². The summed E-state index contributed by atoms with van der Waals surface area (Å²) in [6.45, 7) is 0. The van der Waals surface area contributed by atoms with Gasteiger partial charge in [0.25, 0.3) is 0 Å². The van der Waals surface area contributed by atoms with Gasteiger partial charge in [-0.25, -0.2) is 0 Å². The fourth-order valence-electron chi connectivity index (χ4n) is 3.87. The molecule has 1 aliphatic rings. The Hall–Kier alpha value is -4.58. The summed E-state index contributed by atoms with van der Waals surface area (Å²) in [5.74, 6) is -1.70. The van der Waals surface area contributed by atoms with Crippen LogP contribution in [-0.4, -0.2) is 21.8 Å².